The molecule has 2 heterocycles. The molecular weight excluding hydrogens is 335 g/mol. The molecule has 0 aliphatic rings. The third-order valence-corrected chi connectivity index (χ3v) is 4.22. The summed E-state index contributed by atoms with van der Waals surface area (Å²) in [7, 11) is 0. The highest BCUT2D eigenvalue weighted by Gasteiger charge is 2.11. The molecule has 0 radical (unpaired) electrons. The molecule has 0 N–H and O–H groups in total. The fourth-order valence-corrected chi connectivity index (χ4v) is 2.77. The van der Waals surface area contributed by atoms with Gasteiger partial charge in [0, 0.05) is 36.8 Å². The fourth-order valence-electron chi connectivity index (χ4n) is 2.44. The molecule has 23 heavy (non-hydrogen) atoms. The number of hydrogen-bond donors (Lipinski definition) is 0. The van der Waals surface area contributed by atoms with Gasteiger partial charge >= 0.3 is 5.97 Å². The zero-order chi connectivity index (χ0) is 16.4. The van der Waals surface area contributed by atoms with E-state index in [0.29, 0.717) is 16.6 Å². The first-order valence-electron chi connectivity index (χ1n) is 7.04. The predicted molar refractivity (Wildman–Crippen MR) is 90.8 cm³/mol. The van der Waals surface area contributed by atoms with Gasteiger partial charge in [0.2, 0.25) is 0 Å². The number of hydrogen-bond acceptors (Lipinski definition) is 3. The number of fused-ring (bicyclic) bond motifs is 1. The molecule has 0 bridgehead atoms. The van der Waals surface area contributed by atoms with Gasteiger partial charge in [0.05, 0.1) is 10.0 Å². The van der Waals surface area contributed by atoms with Crippen molar-refractivity contribution in [2.75, 3.05) is 0 Å². The van der Waals surface area contributed by atoms with Gasteiger partial charge in [0.25, 0.3) is 0 Å². The predicted octanol–water partition coefficient (Wildman–Crippen LogP) is 4.45. The number of esters is 1. The minimum atomic E-state index is -0.306. The van der Waals surface area contributed by atoms with Crippen molar-refractivity contribution in [2.45, 2.75) is 20.1 Å². The van der Waals surface area contributed by atoms with Crippen molar-refractivity contribution in [1.82, 2.24) is 9.55 Å². The number of nitrogens with zero attached hydrogens (tertiary/aromatic N) is 2. The summed E-state index contributed by atoms with van der Waals surface area (Å²) in [6.45, 7) is 2.23. The lowest BCUT2D eigenvalue weighted by Gasteiger charge is -2.06. The lowest BCUT2D eigenvalue weighted by Crippen LogP contribution is -2.00. The van der Waals surface area contributed by atoms with Crippen LogP contribution in [0.15, 0.2) is 42.7 Å². The number of carbonyl (C=O) groups is 1. The molecule has 118 valence electrons. The molecule has 0 amide bonds. The van der Waals surface area contributed by atoms with Gasteiger partial charge in [-0.15, -0.1) is 0 Å². The average Bonchev–Trinajstić information content (AvgIpc) is 2.87. The minimum Gasteiger partial charge on any atom is -0.461 e. The average molecular weight is 349 g/mol. The Morgan fingerprint density at radius 2 is 2.09 bits per heavy atom. The van der Waals surface area contributed by atoms with E-state index < -0.39 is 0 Å². The molecule has 3 rings (SSSR count). The molecule has 3 aromatic rings. The van der Waals surface area contributed by atoms with Gasteiger partial charge in [-0.05, 0) is 29.8 Å². The summed E-state index contributed by atoms with van der Waals surface area (Å²) in [5.41, 5.74) is 2.77. The molecule has 0 aliphatic heterocycles. The molecule has 0 saturated carbocycles. The first-order valence-corrected chi connectivity index (χ1v) is 7.80. The van der Waals surface area contributed by atoms with Crippen molar-refractivity contribution in [3.63, 3.8) is 0 Å². The zero-order valence-electron chi connectivity index (χ0n) is 12.4. The topological polar surface area (TPSA) is 44.1 Å². The van der Waals surface area contributed by atoms with Crippen LogP contribution in [0.1, 0.15) is 18.1 Å². The second kappa shape index (κ2) is 6.60. The van der Waals surface area contributed by atoms with Crippen molar-refractivity contribution in [3.05, 3.63) is 63.9 Å². The van der Waals surface area contributed by atoms with Crippen LogP contribution < -0.4 is 0 Å². The molecule has 0 unspecified atom stereocenters. The summed E-state index contributed by atoms with van der Waals surface area (Å²) < 4.78 is 7.12. The van der Waals surface area contributed by atoms with Crippen LogP contribution in [-0.4, -0.2) is 15.5 Å². The number of ether oxygens (including phenoxy) is 1. The van der Waals surface area contributed by atoms with Gasteiger partial charge in [-0.1, -0.05) is 29.3 Å². The Bertz CT molecular complexity index is 874. The third kappa shape index (κ3) is 3.49. The maximum atomic E-state index is 11.0. The van der Waals surface area contributed by atoms with Gasteiger partial charge in [-0.25, -0.2) is 4.98 Å². The van der Waals surface area contributed by atoms with E-state index in [9.17, 15) is 4.79 Å². The number of rotatable bonds is 4. The van der Waals surface area contributed by atoms with Crippen molar-refractivity contribution >= 4 is 40.2 Å². The van der Waals surface area contributed by atoms with Crippen LogP contribution >= 0.6 is 23.2 Å². The largest absolute Gasteiger partial charge is 0.461 e. The van der Waals surface area contributed by atoms with Crippen LogP contribution in [0.4, 0.5) is 0 Å². The summed E-state index contributed by atoms with van der Waals surface area (Å²) in [5.74, 6) is -0.306. The van der Waals surface area contributed by atoms with Crippen molar-refractivity contribution in [3.8, 4) is 0 Å². The Labute approximate surface area is 143 Å². The molecule has 0 atom stereocenters. The highest BCUT2D eigenvalue weighted by Crippen LogP contribution is 2.25. The number of halogens is 2. The van der Waals surface area contributed by atoms with Crippen LogP contribution in [0.3, 0.4) is 0 Å². The molecule has 0 fully saturated rings. The van der Waals surface area contributed by atoms with E-state index in [2.05, 4.69) is 4.98 Å². The van der Waals surface area contributed by atoms with Crippen molar-refractivity contribution < 1.29 is 9.53 Å². The SMILES string of the molecule is CC(=O)OCc1cn(Cc2ccc(Cl)c(Cl)c2)c2ncccc12. The third-order valence-electron chi connectivity index (χ3n) is 3.48. The number of carbonyl (C=O) groups excluding carboxylic acids is 1. The normalized spacial score (nSPS) is 10.9. The Morgan fingerprint density at radius 3 is 2.83 bits per heavy atom. The summed E-state index contributed by atoms with van der Waals surface area (Å²) >= 11 is 12.0. The standard InChI is InChI=1S/C17H14Cl2N2O2/c1-11(22)23-10-13-9-21(17-14(13)3-2-6-20-17)8-12-4-5-15(18)16(19)7-12/h2-7,9H,8,10H2,1H3. The zero-order valence-corrected chi connectivity index (χ0v) is 13.9. The van der Waals surface area contributed by atoms with Crippen LogP contribution in [0, 0.1) is 0 Å². The summed E-state index contributed by atoms with van der Waals surface area (Å²) in [6.07, 6.45) is 3.69. The fraction of sp³-hybridized carbons (Fsp3) is 0.176. The first kappa shape index (κ1) is 15.8. The Balaban J connectivity index is 1.96. The van der Waals surface area contributed by atoms with Crippen LogP contribution in [-0.2, 0) is 22.7 Å². The van der Waals surface area contributed by atoms with Crippen molar-refractivity contribution in [2.24, 2.45) is 0 Å². The minimum absolute atomic E-state index is 0.228. The summed E-state index contributed by atoms with van der Waals surface area (Å²) in [5, 5.41) is 2.02. The van der Waals surface area contributed by atoms with E-state index in [-0.39, 0.29) is 12.6 Å². The molecule has 0 spiro atoms. The molecule has 4 nitrogen and oxygen atoms in total. The maximum Gasteiger partial charge on any atom is 0.302 e. The van der Waals surface area contributed by atoms with Crippen LogP contribution in [0.5, 0.6) is 0 Å². The lowest BCUT2D eigenvalue weighted by atomic mass is 10.2. The Morgan fingerprint density at radius 1 is 1.26 bits per heavy atom. The maximum absolute atomic E-state index is 11.0. The summed E-state index contributed by atoms with van der Waals surface area (Å²) in [6, 6.07) is 9.37. The van der Waals surface area contributed by atoms with Crippen molar-refractivity contribution in [1.29, 1.82) is 0 Å². The lowest BCUT2D eigenvalue weighted by molar-refractivity contribution is -0.142. The number of aromatic nitrogens is 2. The second-order valence-electron chi connectivity index (χ2n) is 5.19. The smallest absolute Gasteiger partial charge is 0.302 e. The van der Waals surface area contributed by atoms with Gasteiger partial charge in [-0.3, -0.25) is 4.79 Å². The highest BCUT2D eigenvalue weighted by molar-refractivity contribution is 6.42. The Kier molecular flexibility index (Phi) is 4.55. The molecule has 0 aliphatic carbocycles. The van der Waals surface area contributed by atoms with E-state index >= 15 is 0 Å². The molecule has 1 aromatic carbocycles. The van der Waals surface area contributed by atoms with Crippen LogP contribution in [0.2, 0.25) is 10.0 Å². The highest BCUT2D eigenvalue weighted by atomic mass is 35.5. The van der Waals surface area contributed by atoms with E-state index in [4.69, 9.17) is 27.9 Å². The summed E-state index contributed by atoms with van der Waals surface area (Å²) in [4.78, 5) is 15.5. The molecule has 2 aromatic heterocycles. The molecule has 0 saturated heterocycles. The molecule has 6 heteroatoms. The van der Waals surface area contributed by atoms with E-state index in [1.807, 2.05) is 35.0 Å². The Hall–Kier alpha value is -2.04. The first-order chi connectivity index (χ1) is 11.0. The van der Waals surface area contributed by atoms with Gasteiger partial charge in [0.1, 0.15) is 12.3 Å². The van der Waals surface area contributed by atoms with E-state index in [1.165, 1.54) is 6.92 Å². The van der Waals surface area contributed by atoms with Gasteiger partial charge in [0.15, 0.2) is 0 Å². The number of pyridine rings is 1. The monoisotopic (exact) mass is 348 g/mol. The second-order valence-corrected chi connectivity index (χ2v) is 6.00. The van der Waals surface area contributed by atoms with Gasteiger partial charge in [-0.2, -0.15) is 0 Å². The van der Waals surface area contributed by atoms with E-state index in [0.717, 1.165) is 22.2 Å². The quantitative estimate of drug-likeness (QED) is 0.654. The van der Waals surface area contributed by atoms with Gasteiger partial charge < -0.3 is 9.30 Å². The van der Waals surface area contributed by atoms with Crippen LogP contribution in [0.25, 0.3) is 11.0 Å². The number of benzene rings is 1. The molecular formula is C17H14Cl2N2O2. The van der Waals surface area contributed by atoms with E-state index in [1.54, 1.807) is 12.3 Å².